The molecular weight excluding hydrogens is 322 g/mol. The fourth-order valence-electron chi connectivity index (χ4n) is 2.31. The Morgan fingerprint density at radius 2 is 1.83 bits per heavy atom. The highest BCUT2D eigenvalue weighted by Gasteiger charge is 2.19. The van der Waals surface area contributed by atoms with E-state index in [-0.39, 0.29) is 10.7 Å². The predicted octanol–water partition coefficient (Wildman–Crippen LogP) is 2.43. The highest BCUT2D eigenvalue weighted by molar-refractivity contribution is 7.89. The van der Waals surface area contributed by atoms with Crippen molar-refractivity contribution in [1.29, 1.82) is 0 Å². The van der Waals surface area contributed by atoms with Crippen molar-refractivity contribution in [3.63, 3.8) is 0 Å². The molecule has 1 aromatic heterocycles. The van der Waals surface area contributed by atoms with Crippen LogP contribution in [0.4, 0.5) is 5.88 Å². The Labute approximate surface area is 133 Å². The first-order valence-electron chi connectivity index (χ1n) is 6.57. The molecule has 1 N–H and O–H groups in total. The van der Waals surface area contributed by atoms with Crippen LogP contribution in [0.2, 0.25) is 0 Å². The molecule has 0 aliphatic carbocycles. The Morgan fingerprint density at radius 3 is 2.35 bits per heavy atom. The minimum Gasteiger partial charge on any atom is -0.400 e. The van der Waals surface area contributed by atoms with Crippen molar-refractivity contribution < 1.29 is 17.8 Å². The molecule has 0 amide bonds. The van der Waals surface area contributed by atoms with E-state index >= 15 is 0 Å². The summed E-state index contributed by atoms with van der Waals surface area (Å²) in [7, 11) is -3.84. The Hall–Kier alpha value is -2.68. The van der Waals surface area contributed by atoms with Gasteiger partial charge in [0.25, 0.3) is 10.0 Å². The molecule has 0 spiro atoms. The number of hydrogen-bond acceptors (Lipinski definition) is 6. The fraction of sp³-hybridized carbons (Fsp3) is 0.214. The molecule has 2 aromatic rings. The number of nitrogens with zero attached hydrogens (tertiary/aromatic N) is 2. The van der Waals surface area contributed by atoms with Crippen LogP contribution in [-0.2, 0) is 10.0 Å². The van der Waals surface area contributed by atoms with Gasteiger partial charge in [0, 0.05) is 0 Å². The van der Waals surface area contributed by atoms with E-state index in [0.29, 0.717) is 11.1 Å². The first kappa shape index (κ1) is 16.7. The Bertz CT molecular complexity index is 861. The van der Waals surface area contributed by atoms with Crippen molar-refractivity contribution in [3.8, 4) is 0 Å². The van der Waals surface area contributed by atoms with E-state index < -0.39 is 20.8 Å². The largest absolute Gasteiger partial charge is 0.433 e. The van der Waals surface area contributed by atoms with E-state index in [1.165, 1.54) is 6.07 Å². The Kier molecular flexibility index (Phi) is 4.50. The van der Waals surface area contributed by atoms with Crippen LogP contribution in [0.1, 0.15) is 22.5 Å². The van der Waals surface area contributed by atoms with Gasteiger partial charge in [-0.05, 0) is 38.0 Å². The van der Waals surface area contributed by atoms with E-state index in [4.69, 9.17) is 4.42 Å². The third kappa shape index (κ3) is 3.75. The molecule has 0 unspecified atom stereocenters. The van der Waals surface area contributed by atoms with Gasteiger partial charge in [0.1, 0.15) is 4.92 Å². The maximum atomic E-state index is 12.3. The molecule has 0 fully saturated rings. The minimum absolute atomic E-state index is 0.0664. The van der Waals surface area contributed by atoms with Crippen LogP contribution >= 0.6 is 0 Å². The van der Waals surface area contributed by atoms with Crippen LogP contribution in [0.5, 0.6) is 0 Å². The second-order valence-corrected chi connectivity index (χ2v) is 6.61. The normalized spacial score (nSPS) is 11.8. The van der Waals surface area contributed by atoms with E-state index in [9.17, 15) is 18.5 Å². The smallest absolute Gasteiger partial charge is 0.400 e. The number of rotatable bonds is 5. The summed E-state index contributed by atoms with van der Waals surface area (Å²) in [5.41, 5.74) is 2.18. The maximum Gasteiger partial charge on any atom is 0.433 e. The summed E-state index contributed by atoms with van der Waals surface area (Å²) >= 11 is 0. The van der Waals surface area contributed by atoms with E-state index in [0.717, 1.165) is 17.8 Å². The van der Waals surface area contributed by atoms with Crippen molar-refractivity contribution in [1.82, 2.24) is 4.83 Å². The summed E-state index contributed by atoms with van der Waals surface area (Å²) in [6.45, 7) is 5.29. The van der Waals surface area contributed by atoms with E-state index in [1.807, 2.05) is 6.92 Å². The van der Waals surface area contributed by atoms with Crippen LogP contribution in [-0.4, -0.2) is 19.6 Å². The minimum atomic E-state index is -3.84. The number of sulfonamides is 1. The number of furan rings is 1. The molecule has 9 heteroatoms. The molecule has 122 valence electrons. The SMILES string of the molecule is Cc1cc(C)c(S(=O)(=O)N/N=C\c2ccc([N+](=O)[O-])o2)c(C)c1. The Balaban J connectivity index is 2.22. The molecule has 0 aliphatic heterocycles. The molecule has 0 saturated carbocycles. The second-order valence-electron chi connectivity index (χ2n) is 5.01. The van der Waals surface area contributed by atoms with Crippen molar-refractivity contribution >= 4 is 22.1 Å². The molecule has 0 radical (unpaired) electrons. The van der Waals surface area contributed by atoms with Gasteiger partial charge < -0.3 is 4.42 Å². The van der Waals surface area contributed by atoms with Crippen molar-refractivity contribution in [2.75, 3.05) is 0 Å². The molecule has 1 heterocycles. The fourth-order valence-corrected chi connectivity index (χ4v) is 3.55. The summed E-state index contributed by atoms with van der Waals surface area (Å²) in [4.78, 5) is 12.0. The summed E-state index contributed by atoms with van der Waals surface area (Å²) < 4.78 is 29.5. The molecule has 2 rings (SSSR count). The first-order valence-corrected chi connectivity index (χ1v) is 8.06. The van der Waals surface area contributed by atoms with Crippen LogP contribution in [0.25, 0.3) is 0 Å². The number of nitro groups is 1. The number of hydrogen-bond donors (Lipinski definition) is 1. The van der Waals surface area contributed by atoms with Crippen molar-refractivity contribution in [3.05, 3.63) is 56.8 Å². The number of benzene rings is 1. The standard InChI is InChI=1S/C14H15N3O5S/c1-9-6-10(2)14(11(3)7-9)23(20,21)16-15-8-12-4-5-13(22-12)17(18)19/h4-8,16H,1-3H3/b15-8-. The van der Waals surface area contributed by atoms with Crippen LogP contribution in [0, 0.1) is 30.9 Å². The molecule has 0 bridgehead atoms. The van der Waals surface area contributed by atoms with Gasteiger partial charge >= 0.3 is 5.88 Å². The molecular formula is C14H15N3O5S. The van der Waals surface area contributed by atoms with Crippen molar-refractivity contribution in [2.45, 2.75) is 25.7 Å². The third-order valence-electron chi connectivity index (χ3n) is 3.03. The van der Waals surface area contributed by atoms with Gasteiger partial charge in [-0.2, -0.15) is 18.4 Å². The zero-order chi connectivity index (χ0) is 17.2. The summed E-state index contributed by atoms with van der Waals surface area (Å²) in [5, 5.41) is 14.1. The van der Waals surface area contributed by atoms with Gasteiger partial charge in [-0.3, -0.25) is 10.1 Å². The lowest BCUT2D eigenvalue weighted by Crippen LogP contribution is -2.20. The van der Waals surface area contributed by atoms with Gasteiger partial charge in [-0.25, -0.2) is 0 Å². The molecule has 0 saturated heterocycles. The van der Waals surface area contributed by atoms with Crippen LogP contribution in [0.15, 0.2) is 38.7 Å². The molecule has 1 aromatic carbocycles. The number of aryl methyl sites for hydroxylation is 3. The lowest BCUT2D eigenvalue weighted by Gasteiger charge is -2.11. The lowest BCUT2D eigenvalue weighted by atomic mass is 10.1. The number of nitrogens with one attached hydrogen (secondary N) is 1. The number of hydrazone groups is 1. The highest BCUT2D eigenvalue weighted by Crippen LogP contribution is 2.21. The summed E-state index contributed by atoms with van der Waals surface area (Å²) in [6, 6.07) is 6.00. The first-order chi connectivity index (χ1) is 10.7. The highest BCUT2D eigenvalue weighted by atomic mass is 32.2. The molecule has 8 nitrogen and oxygen atoms in total. The lowest BCUT2D eigenvalue weighted by molar-refractivity contribution is -0.402. The van der Waals surface area contributed by atoms with Crippen molar-refractivity contribution in [2.24, 2.45) is 5.10 Å². The summed E-state index contributed by atoms with van der Waals surface area (Å²) in [6.07, 6.45) is 1.06. The van der Waals surface area contributed by atoms with Crippen LogP contribution in [0.3, 0.4) is 0 Å². The molecule has 23 heavy (non-hydrogen) atoms. The van der Waals surface area contributed by atoms with Gasteiger partial charge in [-0.1, -0.05) is 17.7 Å². The quantitative estimate of drug-likeness (QED) is 0.511. The maximum absolute atomic E-state index is 12.3. The Morgan fingerprint density at radius 1 is 1.22 bits per heavy atom. The predicted molar refractivity (Wildman–Crippen MR) is 83.9 cm³/mol. The van der Waals surface area contributed by atoms with Gasteiger partial charge in [0.2, 0.25) is 0 Å². The van der Waals surface area contributed by atoms with E-state index in [1.54, 1.807) is 26.0 Å². The average molecular weight is 337 g/mol. The average Bonchev–Trinajstić information content (AvgIpc) is 2.85. The zero-order valence-electron chi connectivity index (χ0n) is 12.7. The summed E-state index contributed by atoms with van der Waals surface area (Å²) in [5.74, 6) is -0.378. The molecule has 0 atom stereocenters. The second kappa shape index (κ2) is 6.21. The topological polar surface area (TPSA) is 115 Å². The van der Waals surface area contributed by atoms with Crippen LogP contribution < -0.4 is 4.83 Å². The molecule has 0 aliphatic rings. The van der Waals surface area contributed by atoms with Gasteiger partial charge in [0.15, 0.2) is 5.76 Å². The van der Waals surface area contributed by atoms with Gasteiger partial charge in [-0.15, -0.1) is 0 Å². The van der Waals surface area contributed by atoms with E-state index in [2.05, 4.69) is 9.93 Å². The third-order valence-corrected chi connectivity index (χ3v) is 4.56. The monoisotopic (exact) mass is 337 g/mol. The van der Waals surface area contributed by atoms with Gasteiger partial charge in [0.05, 0.1) is 17.2 Å². The zero-order valence-corrected chi connectivity index (χ0v) is 13.5.